The second-order valence-corrected chi connectivity index (χ2v) is 11.3. The Morgan fingerprint density at radius 2 is 1.69 bits per heavy atom. The zero-order valence-electron chi connectivity index (χ0n) is 25.3. The average Bonchev–Trinajstić information content (AvgIpc) is 3.03. The molecule has 0 aliphatic carbocycles. The SMILES string of the molecule is C[C@H](CO)N1C[C@H](C)[C@H](CN(C)C(=O)Nc2cccc3ccccc23)Oc2ccc(NC(=O)Nc3ccc(F)cc3)cc2C1=O. The fourth-order valence-electron chi connectivity index (χ4n) is 5.24. The van der Waals surface area contributed by atoms with Crippen LogP contribution in [-0.2, 0) is 0 Å². The second-order valence-electron chi connectivity index (χ2n) is 11.3. The van der Waals surface area contributed by atoms with Crippen LogP contribution in [-0.4, -0.2) is 71.8 Å². The Morgan fingerprint density at radius 1 is 1.00 bits per heavy atom. The number of ether oxygens (including phenoxy) is 1. The van der Waals surface area contributed by atoms with Gasteiger partial charge in [0, 0.05) is 36.3 Å². The largest absolute Gasteiger partial charge is 0.487 e. The lowest BCUT2D eigenvalue weighted by atomic mass is 9.99. The Hall–Kier alpha value is -5.16. The molecule has 4 aromatic rings. The monoisotopic (exact) mass is 613 g/mol. The first-order chi connectivity index (χ1) is 21.6. The number of halogens is 1. The van der Waals surface area contributed by atoms with Crippen LogP contribution in [0.15, 0.2) is 84.9 Å². The van der Waals surface area contributed by atoms with Crippen LogP contribution in [0.4, 0.5) is 31.0 Å². The number of rotatable bonds is 7. The second kappa shape index (κ2) is 13.6. The minimum atomic E-state index is -0.577. The van der Waals surface area contributed by atoms with Crippen LogP contribution in [0.3, 0.4) is 0 Å². The van der Waals surface area contributed by atoms with E-state index in [9.17, 15) is 23.9 Å². The van der Waals surface area contributed by atoms with Gasteiger partial charge < -0.3 is 35.6 Å². The number of carbonyl (C=O) groups is 3. The number of carbonyl (C=O) groups excluding carboxylic acids is 3. The number of likely N-dealkylation sites (N-methyl/N-ethyl adjacent to an activating group) is 1. The number of amides is 5. The van der Waals surface area contributed by atoms with E-state index in [2.05, 4.69) is 16.0 Å². The van der Waals surface area contributed by atoms with E-state index in [1.165, 1.54) is 30.3 Å². The normalized spacial score (nSPS) is 16.9. The number of aliphatic hydroxyl groups is 1. The van der Waals surface area contributed by atoms with Crippen LogP contribution >= 0.6 is 0 Å². The number of nitrogens with zero attached hydrogens (tertiary/aromatic N) is 2. The number of urea groups is 2. The van der Waals surface area contributed by atoms with Crippen LogP contribution < -0.4 is 20.7 Å². The van der Waals surface area contributed by atoms with E-state index in [1.54, 1.807) is 35.9 Å². The van der Waals surface area contributed by atoms with Gasteiger partial charge in [-0.3, -0.25) is 4.79 Å². The first-order valence-electron chi connectivity index (χ1n) is 14.7. The molecule has 0 saturated carbocycles. The summed E-state index contributed by atoms with van der Waals surface area (Å²) in [5.74, 6) is -0.698. The highest BCUT2D eigenvalue weighted by Gasteiger charge is 2.34. The maximum atomic E-state index is 13.7. The predicted octanol–water partition coefficient (Wildman–Crippen LogP) is 6.01. The standard InChI is InChI=1S/C34H36FN5O5/c1-21-18-40(22(2)20-41)32(42)28-17-26(37-33(43)36-25-13-11-24(35)12-14-25)15-16-30(28)45-31(21)19-39(3)34(44)38-29-10-6-8-23-7-4-5-9-27(23)29/h4-17,21-22,31,41H,18-20H2,1-3H3,(H,38,44)(H2,36,37,43)/t21-,22+,31-/m0/s1. The van der Waals surface area contributed by atoms with Crippen LogP contribution in [0.1, 0.15) is 24.2 Å². The first-order valence-corrected chi connectivity index (χ1v) is 14.7. The van der Waals surface area contributed by atoms with Gasteiger partial charge in [0.2, 0.25) is 0 Å². The van der Waals surface area contributed by atoms with Crippen molar-refractivity contribution < 1.29 is 28.6 Å². The number of benzene rings is 4. The molecule has 45 heavy (non-hydrogen) atoms. The fourth-order valence-corrected chi connectivity index (χ4v) is 5.24. The zero-order valence-corrected chi connectivity index (χ0v) is 25.3. The van der Waals surface area contributed by atoms with E-state index in [0.717, 1.165) is 10.8 Å². The molecule has 234 valence electrons. The Bertz CT molecular complexity index is 1690. The van der Waals surface area contributed by atoms with Crippen molar-refractivity contribution in [3.8, 4) is 5.75 Å². The van der Waals surface area contributed by atoms with Crippen molar-refractivity contribution in [2.45, 2.75) is 26.0 Å². The number of aliphatic hydroxyl groups excluding tert-OH is 1. The van der Waals surface area contributed by atoms with Crippen molar-refractivity contribution in [2.75, 3.05) is 42.7 Å². The summed E-state index contributed by atoms with van der Waals surface area (Å²) < 4.78 is 19.6. The number of anilines is 3. The van der Waals surface area contributed by atoms with Gasteiger partial charge in [-0.1, -0.05) is 43.3 Å². The molecule has 1 aliphatic rings. The van der Waals surface area contributed by atoms with Gasteiger partial charge in [-0.25, -0.2) is 14.0 Å². The Morgan fingerprint density at radius 3 is 2.44 bits per heavy atom. The van der Waals surface area contributed by atoms with Crippen molar-refractivity contribution in [3.63, 3.8) is 0 Å². The van der Waals surface area contributed by atoms with Crippen molar-refractivity contribution in [1.82, 2.24) is 9.80 Å². The first kappa shape index (κ1) is 31.3. The molecule has 1 heterocycles. The van der Waals surface area contributed by atoms with Gasteiger partial charge in [-0.2, -0.15) is 0 Å². The molecule has 0 saturated heterocycles. The van der Waals surface area contributed by atoms with Gasteiger partial charge in [0.15, 0.2) is 0 Å². The summed E-state index contributed by atoms with van der Waals surface area (Å²) in [6, 6.07) is 22.2. The summed E-state index contributed by atoms with van der Waals surface area (Å²) in [5.41, 5.74) is 1.63. The topological polar surface area (TPSA) is 123 Å². The van der Waals surface area contributed by atoms with E-state index < -0.39 is 24.0 Å². The molecule has 11 heteroatoms. The third kappa shape index (κ3) is 7.32. The molecule has 4 aromatic carbocycles. The lowest BCUT2D eigenvalue weighted by molar-refractivity contribution is 0.0371. The van der Waals surface area contributed by atoms with Gasteiger partial charge >= 0.3 is 12.1 Å². The third-order valence-corrected chi connectivity index (χ3v) is 7.86. The van der Waals surface area contributed by atoms with Gasteiger partial charge in [0.05, 0.1) is 30.4 Å². The molecule has 0 radical (unpaired) electrons. The molecular formula is C34H36FN5O5. The van der Waals surface area contributed by atoms with Crippen molar-refractivity contribution in [3.05, 3.63) is 96.3 Å². The van der Waals surface area contributed by atoms with Gasteiger partial charge in [-0.15, -0.1) is 0 Å². The van der Waals surface area contributed by atoms with Crippen LogP contribution in [0.5, 0.6) is 5.75 Å². The molecule has 0 aromatic heterocycles. The number of nitrogens with one attached hydrogen (secondary N) is 3. The van der Waals surface area contributed by atoms with Crippen LogP contribution in [0, 0.1) is 11.7 Å². The summed E-state index contributed by atoms with van der Waals surface area (Å²) in [6.45, 7) is 3.93. The Labute approximate surface area is 260 Å². The van der Waals surface area contributed by atoms with Crippen molar-refractivity contribution >= 4 is 45.8 Å². The van der Waals surface area contributed by atoms with Gasteiger partial charge in [-0.05, 0) is 60.8 Å². The lowest BCUT2D eigenvalue weighted by Crippen LogP contribution is -2.50. The van der Waals surface area contributed by atoms with Crippen LogP contribution in [0.2, 0.25) is 0 Å². The molecule has 0 fully saturated rings. The number of fused-ring (bicyclic) bond motifs is 2. The number of hydrogen-bond donors (Lipinski definition) is 4. The van der Waals surface area contributed by atoms with Crippen LogP contribution in [0.25, 0.3) is 10.8 Å². The summed E-state index contributed by atoms with van der Waals surface area (Å²) in [6.07, 6.45) is -0.505. The summed E-state index contributed by atoms with van der Waals surface area (Å²) in [4.78, 5) is 42.8. The highest BCUT2D eigenvalue weighted by Crippen LogP contribution is 2.31. The number of hydrogen-bond acceptors (Lipinski definition) is 5. The molecule has 3 atom stereocenters. The molecule has 5 amide bonds. The Kier molecular flexibility index (Phi) is 9.48. The lowest BCUT2D eigenvalue weighted by Gasteiger charge is -2.38. The third-order valence-electron chi connectivity index (χ3n) is 7.86. The van der Waals surface area contributed by atoms with Gasteiger partial charge in [0.25, 0.3) is 5.91 Å². The molecule has 1 aliphatic heterocycles. The predicted molar refractivity (Wildman–Crippen MR) is 172 cm³/mol. The zero-order chi connectivity index (χ0) is 32.1. The quantitative estimate of drug-likeness (QED) is 0.203. The summed E-state index contributed by atoms with van der Waals surface area (Å²) in [5, 5.41) is 20.2. The van der Waals surface area contributed by atoms with E-state index in [0.29, 0.717) is 22.8 Å². The minimum Gasteiger partial charge on any atom is -0.487 e. The molecule has 0 unspecified atom stereocenters. The van der Waals surface area contributed by atoms with Crippen molar-refractivity contribution in [2.24, 2.45) is 5.92 Å². The van der Waals surface area contributed by atoms with E-state index in [4.69, 9.17) is 4.74 Å². The fraction of sp³-hybridized carbons (Fsp3) is 0.265. The Balaban J connectivity index is 1.35. The maximum Gasteiger partial charge on any atom is 0.323 e. The van der Waals surface area contributed by atoms with Gasteiger partial charge in [0.1, 0.15) is 17.7 Å². The average molecular weight is 614 g/mol. The summed E-state index contributed by atoms with van der Waals surface area (Å²) in [7, 11) is 1.68. The highest BCUT2D eigenvalue weighted by molar-refractivity contribution is 6.03. The molecular weight excluding hydrogens is 577 g/mol. The minimum absolute atomic E-state index is 0.203. The molecule has 0 spiro atoms. The molecule has 0 bridgehead atoms. The molecule has 10 nitrogen and oxygen atoms in total. The molecule has 5 rings (SSSR count). The maximum absolute atomic E-state index is 13.7. The smallest absolute Gasteiger partial charge is 0.323 e. The van der Waals surface area contributed by atoms with E-state index in [1.807, 2.05) is 49.4 Å². The molecule has 4 N–H and O–H groups in total. The van der Waals surface area contributed by atoms with E-state index in [-0.39, 0.29) is 43.1 Å². The van der Waals surface area contributed by atoms with E-state index >= 15 is 0 Å². The van der Waals surface area contributed by atoms with Crippen molar-refractivity contribution in [1.29, 1.82) is 0 Å². The highest BCUT2D eigenvalue weighted by atomic mass is 19.1. The summed E-state index contributed by atoms with van der Waals surface area (Å²) >= 11 is 0.